The number of nitrogen functional groups attached to an aromatic ring is 1. The van der Waals surface area contributed by atoms with Gasteiger partial charge in [0, 0.05) is 22.4 Å². The number of hydrogen-bond acceptors (Lipinski definition) is 4. The number of H-pyrrole nitrogens is 1. The lowest BCUT2D eigenvalue weighted by atomic mass is 9.98. The number of halogens is 1. The van der Waals surface area contributed by atoms with Crippen LogP contribution in [0.3, 0.4) is 0 Å². The molecule has 3 aromatic rings. The Labute approximate surface area is 120 Å². The molecule has 0 aliphatic heterocycles. The van der Waals surface area contributed by atoms with Gasteiger partial charge in [-0.2, -0.15) is 5.10 Å². The van der Waals surface area contributed by atoms with Crippen LogP contribution in [0.2, 0.25) is 0 Å². The number of nitrogens with one attached hydrogen (secondary N) is 2. The van der Waals surface area contributed by atoms with Gasteiger partial charge in [-0.15, -0.1) is 0 Å². The lowest BCUT2D eigenvalue weighted by Crippen LogP contribution is -2.06. The fraction of sp³-hybridized carbons (Fsp3) is 0. The molecule has 0 spiro atoms. The van der Waals surface area contributed by atoms with Gasteiger partial charge in [0.2, 0.25) is 0 Å². The van der Waals surface area contributed by atoms with Gasteiger partial charge in [0.15, 0.2) is 5.82 Å². The molecule has 21 heavy (non-hydrogen) atoms. The van der Waals surface area contributed by atoms with Crippen molar-refractivity contribution in [1.29, 1.82) is 5.41 Å². The molecule has 0 radical (unpaired) electrons. The molecule has 3 rings (SSSR count). The average molecular weight is 281 g/mol. The van der Waals surface area contributed by atoms with Crippen molar-refractivity contribution in [2.45, 2.75) is 0 Å². The van der Waals surface area contributed by atoms with Crippen LogP contribution in [0.5, 0.6) is 0 Å². The number of aromatic amines is 1. The second-order valence-corrected chi connectivity index (χ2v) is 4.52. The molecule has 0 unspecified atom stereocenters. The molecule has 0 atom stereocenters. The summed E-state index contributed by atoms with van der Waals surface area (Å²) in [7, 11) is 0. The first-order valence-electron chi connectivity index (χ1n) is 6.25. The number of anilines is 1. The molecule has 0 aliphatic carbocycles. The maximum atomic E-state index is 13.0. The fourth-order valence-corrected chi connectivity index (χ4v) is 2.04. The topological polar surface area (TPSA) is 91.4 Å². The van der Waals surface area contributed by atoms with Crippen LogP contribution in [0.4, 0.5) is 10.1 Å². The zero-order valence-corrected chi connectivity index (χ0v) is 11.0. The molecular weight excluding hydrogens is 269 g/mol. The summed E-state index contributed by atoms with van der Waals surface area (Å²) in [6.45, 7) is 0. The van der Waals surface area contributed by atoms with Gasteiger partial charge < -0.3 is 5.73 Å². The molecule has 2 aromatic carbocycles. The molecule has 0 saturated carbocycles. The molecule has 0 fully saturated rings. The summed E-state index contributed by atoms with van der Waals surface area (Å²) in [5, 5.41) is 14.8. The largest absolute Gasteiger partial charge is 0.398 e. The average Bonchev–Trinajstić information content (AvgIpc) is 3.02. The van der Waals surface area contributed by atoms with Crippen molar-refractivity contribution >= 4 is 11.4 Å². The molecule has 0 aliphatic rings. The van der Waals surface area contributed by atoms with Gasteiger partial charge in [-0.3, -0.25) is 10.5 Å². The van der Waals surface area contributed by atoms with Crippen molar-refractivity contribution in [2.75, 3.05) is 5.73 Å². The molecule has 1 heterocycles. The van der Waals surface area contributed by atoms with Crippen LogP contribution >= 0.6 is 0 Å². The summed E-state index contributed by atoms with van der Waals surface area (Å²) in [5.41, 5.74) is 8.60. The summed E-state index contributed by atoms with van der Waals surface area (Å²) in [4.78, 5) is 4.07. The third-order valence-corrected chi connectivity index (χ3v) is 3.14. The molecule has 1 aromatic heterocycles. The van der Waals surface area contributed by atoms with E-state index < -0.39 is 0 Å². The van der Waals surface area contributed by atoms with Crippen molar-refractivity contribution in [1.82, 2.24) is 15.2 Å². The van der Waals surface area contributed by atoms with Gasteiger partial charge in [0.05, 0.1) is 5.71 Å². The van der Waals surface area contributed by atoms with E-state index >= 15 is 0 Å². The third-order valence-electron chi connectivity index (χ3n) is 3.14. The number of aromatic nitrogens is 3. The molecule has 5 nitrogen and oxygen atoms in total. The van der Waals surface area contributed by atoms with E-state index in [1.165, 1.54) is 18.5 Å². The summed E-state index contributed by atoms with van der Waals surface area (Å²) in [5.74, 6) is 0.262. The Morgan fingerprint density at radius 3 is 2.57 bits per heavy atom. The number of rotatable bonds is 3. The number of hydrogen-bond donors (Lipinski definition) is 3. The van der Waals surface area contributed by atoms with Gasteiger partial charge in [-0.25, -0.2) is 9.37 Å². The predicted octanol–water partition coefficient (Wildman–Crippen LogP) is 2.61. The molecule has 0 saturated heterocycles. The fourth-order valence-electron chi connectivity index (χ4n) is 2.04. The molecule has 0 bridgehead atoms. The van der Waals surface area contributed by atoms with E-state index in [9.17, 15) is 4.39 Å². The molecule has 0 amide bonds. The van der Waals surface area contributed by atoms with Crippen molar-refractivity contribution in [2.24, 2.45) is 0 Å². The van der Waals surface area contributed by atoms with Gasteiger partial charge in [-0.05, 0) is 42.5 Å². The van der Waals surface area contributed by atoms with Crippen molar-refractivity contribution < 1.29 is 4.39 Å². The molecular formula is C15H12FN5. The Morgan fingerprint density at radius 1 is 1.14 bits per heavy atom. The van der Waals surface area contributed by atoms with Crippen LogP contribution < -0.4 is 5.73 Å². The minimum atomic E-state index is -0.338. The van der Waals surface area contributed by atoms with Crippen molar-refractivity contribution in [3.8, 4) is 11.4 Å². The van der Waals surface area contributed by atoms with Gasteiger partial charge in [0.1, 0.15) is 12.1 Å². The first-order chi connectivity index (χ1) is 10.1. The van der Waals surface area contributed by atoms with E-state index in [0.717, 1.165) is 5.56 Å². The first-order valence-corrected chi connectivity index (χ1v) is 6.25. The second-order valence-electron chi connectivity index (χ2n) is 4.52. The van der Waals surface area contributed by atoms with E-state index in [1.54, 1.807) is 30.3 Å². The standard InChI is InChI=1S/C15H12FN5/c16-11-4-1-9(2-5-11)14(18)12-7-10(3-6-13(12)17)15-19-8-20-21-15/h1-8,18H,17H2,(H,19,20,21). The summed E-state index contributed by atoms with van der Waals surface area (Å²) >= 11 is 0. The predicted molar refractivity (Wildman–Crippen MR) is 78.6 cm³/mol. The zero-order chi connectivity index (χ0) is 14.8. The summed E-state index contributed by atoms with van der Waals surface area (Å²) < 4.78 is 13.0. The van der Waals surface area contributed by atoms with E-state index in [4.69, 9.17) is 11.1 Å². The van der Waals surface area contributed by atoms with Crippen molar-refractivity contribution in [3.63, 3.8) is 0 Å². The van der Waals surface area contributed by atoms with Crippen LogP contribution in [0, 0.1) is 11.2 Å². The SMILES string of the molecule is N=C(c1ccc(F)cc1)c1cc(-c2ncn[nH]2)ccc1N. The Hall–Kier alpha value is -3.02. The number of nitrogens with zero attached hydrogens (tertiary/aromatic N) is 2. The summed E-state index contributed by atoms with van der Waals surface area (Å²) in [6.07, 6.45) is 1.41. The summed E-state index contributed by atoms with van der Waals surface area (Å²) in [6, 6.07) is 11.0. The third kappa shape index (κ3) is 2.51. The highest BCUT2D eigenvalue weighted by Crippen LogP contribution is 2.23. The number of benzene rings is 2. The Bertz CT molecular complexity index is 778. The van der Waals surface area contributed by atoms with Crippen LogP contribution in [-0.4, -0.2) is 20.9 Å². The van der Waals surface area contributed by atoms with Crippen LogP contribution in [-0.2, 0) is 0 Å². The van der Waals surface area contributed by atoms with E-state index in [1.807, 2.05) is 0 Å². The Balaban J connectivity index is 2.03. The molecule has 104 valence electrons. The number of nitrogens with two attached hydrogens (primary N) is 1. The quantitative estimate of drug-likeness (QED) is 0.509. The highest BCUT2D eigenvalue weighted by atomic mass is 19.1. The second kappa shape index (κ2) is 5.16. The van der Waals surface area contributed by atoms with Gasteiger partial charge >= 0.3 is 0 Å². The highest BCUT2D eigenvalue weighted by molar-refractivity contribution is 6.14. The van der Waals surface area contributed by atoms with Gasteiger partial charge in [0.25, 0.3) is 0 Å². The van der Waals surface area contributed by atoms with E-state index in [2.05, 4.69) is 15.2 Å². The van der Waals surface area contributed by atoms with E-state index in [0.29, 0.717) is 22.6 Å². The first kappa shape index (κ1) is 13.0. The van der Waals surface area contributed by atoms with Crippen LogP contribution in [0.15, 0.2) is 48.8 Å². The van der Waals surface area contributed by atoms with Crippen molar-refractivity contribution in [3.05, 3.63) is 65.7 Å². The Kier molecular flexibility index (Phi) is 3.19. The molecule has 6 heteroatoms. The van der Waals surface area contributed by atoms with Crippen LogP contribution in [0.1, 0.15) is 11.1 Å². The van der Waals surface area contributed by atoms with Crippen LogP contribution in [0.25, 0.3) is 11.4 Å². The van der Waals surface area contributed by atoms with Gasteiger partial charge in [-0.1, -0.05) is 0 Å². The smallest absolute Gasteiger partial charge is 0.155 e. The van der Waals surface area contributed by atoms with E-state index in [-0.39, 0.29) is 11.5 Å². The Morgan fingerprint density at radius 2 is 1.90 bits per heavy atom. The minimum Gasteiger partial charge on any atom is -0.398 e. The zero-order valence-electron chi connectivity index (χ0n) is 11.0. The maximum absolute atomic E-state index is 13.0. The molecule has 4 N–H and O–H groups in total. The highest BCUT2D eigenvalue weighted by Gasteiger charge is 2.11. The minimum absolute atomic E-state index is 0.230. The monoisotopic (exact) mass is 281 g/mol. The maximum Gasteiger partial charge on any atom is 0.155 e. The lowest BCUT2D eigenvalue weighted by Gasteiger charge is -2.09. The lowest BCUT2D eigenvalue weighted by molar-refractivity contribution is 0.628. The normalized spacial score (nSPS) is 10.5.